The molecule has 0 fully saturated rings. The molecule has 0 aliphatic rings. The van der Waals surface area contributed by atoms with E-state index in [9.17, 15) is 9.90 Å². The third-order valence-electron chi connectivity index (χ3n) is 4.50. The number of nitrogens with two attached hydrogens (primary N) is 1. The minimum atomic E-state index is -0.994. The predicted octanol–water partition coefficient (Wildman–Crippen LogP) is 3.95. The first-order chi connectivity index (χ1) is 13.9. The van der Waals surface area contributed by atoms with Crippen molar-refractivity contribution < 1.29 is 14.6 Å². The Balaban J connectivity index is 1.65. The lowest BCUT2D eigenvalue weighted by Crippen LogP contribution is -2.12. The van der Waals surface area contributed by atoms with Crippen molar-refractivity contribution in [2.75, 3.05) is 12.3 Å². The third-order valence-corrected chi connectivity index (χ3v) is 5.17. The molecular weight excluding hydrogens is 485 g/mol. The van der Waals surface area contributed by atoms with E-state index in [2.05, 4.69) is 44.7 Å². The number of carbonyl (C=O) groups is 1. The van der Waals surface area contributed by atoms with Gasteiger partial charge in [0.25, 0.3) is 0 Å². The van der Waals surface area contributed by atoms with Gasteiger partial charge in [-0.3, -0.25) is 0 Å². The molecule has 9 heteroatoms. The Kier molecular flexibility index (Phi) is 6.68. The highest BCUT2D eigenvalue weighted by Crippen LogP contribution is 2.25. The molecule has 0 bridgehead atoms. The molecule has 0 aliphatic heterocycles. The van der Waals surface area contributed by atoms with Gasteiger partial charge < -0.3 is 20.1 Å². The highest BCUT2D eigenvalue weighted by atomic mass is 127. The number of halogens is 1. The van der Waals surface area contributed by atoms with E-state index in [4.69, 9.17) is 10.5 Å². The minimum absolute atomic E-state index is 0.113. The molecule has 0 amide bonds. The van der Waals surface area contributed by atoms with Gasteiger partial charge in [0.1, 0.15) is 28.6 Å². The van der Waals surface area contributed by atoms with E-state index in [-0.39, 0.29) is 11.6 Å². The number of carboxylic acid groups (broad SMARTS) is 1. The van der Waals surface area contributed by atoms with Gasteiger partial charge in [0.15, 0.2) is 5.82 Å². The number of nitrogen functional groups attached to an aromatic ring is 1. The summed E-state index contributed by atoms with van der Waals surface area (Å²) in [6.45, 7) is 4.40. The number of hydrogen-bond acceptors (Lipinski definition) is 6. The fourth-order valence-electron chi connectivity index (χ4n) is 3.13. The summed E-state index contributed by atoms with van der Waals surface area (Å²) in [5.74, 6) is 1.29. The smallest absolute Gasteiger partial charge is 0.339 e. The molecule has 0 saturated heterocycles. The number of benzene rings is 1. The first-order valence-electron chi connectivity index (χ1n) is 9.17. The quantitative estimate of drug-likeness (QED) is 0.350. The lowest BCUT2D eigenvalue weighted by atomic mass is 10.1. The zero-order valence-electron chi connectivity index (χ0n) is 16.2. The van der Waals surface area contributed by atoms with Gasteiger partial charge in [-0.05, 0) is 79.6 Å². The molecular formula is C20H22IN5O3. The second-order valence-corrected chi connectivity index (χ2v) is 7.92. The van der Waals surface area contributed by atoms with Crippen molar-refractivity contribution in [3.8, 4) is 17.3 Å². The lowest BCUT2D eigenvalue weighted by molar-refractivity contribution is 0.0692. The SMILES string of the molecule is Cc1nnc(-c2cccc(N)n2)n1[C@@H](C)CCCOc1ccc(I)cc1C(=O)O. The van der Waals surface area contributed by atoms with E-state index in [1.165, 1.54) is 0 Å². The number of hydrogen-bond donors (Lipinski definition) is 2. The zero-order chi connectivity index (χ0) is 21.0. The van der Waals surface area contributed by atoms with Crippen LogP contribution >= 0.6 is 22.6 Å². The van der Waals surface area contributed by atoms with Gasteiger partial charge in [0.2, 0.25) is 0 Å². The summed E-state index contributed by atoms with van der Waals surface area (Å²) < 4.78 is 8.62. The monoisotopic (exact) mass is 507 g/mol. The second-order valence-electron chi connectivity index (χ2n) is 6.67. The van der Waals surface area contributed by atoms with E-state index in [0.717, 1.165) is 22.2 Å². The molecule has 1 aromatic carbocycles. The summed E-state index contributed by atoms with van der Waals surface area (Å²) in [7, 11) is 0. The van der Waals surface area contributed by atoms with Crippen molar-refractivity contribution in [2.24, 2.45) is 0 Å². The van der Waals surface area contributed by atoms with Crippen molar-refractivity contribution in [3.63, 3.8) is 0 Å². The molecule has 3 N–H and O–H groups in total. The van der Waals surface area contributed by atoms with Gasteiger partial charge in [0.05, 0.1) is 6.61 Å². The van der Waals surface area contributed by atoms with E-state index >= 15 is 0 Å². The van der Waals surface area contributed by atoms with Crippen LogP contribution in [-0.4, -0.2) is 37.4 Å². The van der Waals surface area contributed by atoms with Gasteiger partial charge >= 0.3 is 5.97 Å². The Hall–Kier alpha value is -2.69. The molecule has 3 aromatic rings. The van der Waals surface area contributed by atoms with Gasteiger partial charge in [-0.15, -0.1) is 10.2 Å². The van der Waals surface area contributed by atoms with Crippen LogP contribution in [0.15, 0.2) is 36.4 Å². The van der Waals surface area contributed by atoms with Crippen LogP contribution in [0, 0.1) is 10.5 Å². The third kappa shape index (κ3) is 5.03. The first kappa shape index (κ1) is 21.0. The van der Waals surface area contributed by atoms with Crippen LogP contribution in [0.1, 0.15) is 42.0 Å². The fourth-order valence-corrected chi connectivity index (χ4v) is 3.62. The summed E-state index contributed by atoms with van der Waals surface area (Å²) in [5, 5.41) is 17.8. The molecule has 0 aliphatic carbocycles. The van der Waals surface area contributed by atoms with Gasteiger partial charge in [-0.2, -0.15) is 0 Å². The summed E-state index contributed by atoms with van der Waals surface area (Å²) in [4.78, 5) is 15.7. The van der Waals surface area contributed by atoms with Crippen molar-refractivity contribution >= 4 is 34.4 Å². The molecule has 3 rings (SSSR count). The van der Waals surface area contributed by atoms with Gasteiger partial charge in [-0.1, -0.05) is 6.07 Å². The van der Waals surface area contributed by atoms with Gasteiger partial charge in [-0.25, -0.2) is 9.78 Å². The lowest BCUT2D eigenvalue weighted by Gasteiger charge is -2.17. The summed E-state index contributed by atoms with van der Waals surface area (Å²) >= 11 is 2.08. The van der Waals surface area contributed by atoms with Crippen LogP contribution in [0.3, 0.4) is 0 Å². The number of carboxylic acids is 1. The zero-order valence-corrected chi connectivity index (χ0v) is 18.3. The van der Waals surface area contributed by atoms with Crippen LogP contribution in [0.4, 0.5) is 5.82 Å². The molecule has 29 heavy (non-hydrogen) atoms. The summed E-state index contributed by atoms with van der Waals surface area (Å²) in [6.07, 6.45) is 1.55. The van der Waals surface area contributed by atoms with E-state index in [0.29, 0.717) is 29.7 Å². The molecule has 0 saturated carbocycles. The summed E-state index contributed by atoms with van der Waals surface area (Å²) in [5.41, 5.74) is 6.65. The van der Waals surface area contributed by atoms with Crippen molar-refractivity contribution in [1.29, 1.82) is 0 Å². The van der Waals surface area contributed by atoms with Crippen LogP contribution in [0.2, 0.25) is 0 Å². The Labute approximate surface area is 182 Å². The van der Waals surface area contributed by atoms with E-state index < -0.39 is 5.97 Å². The van der Waals surface area contributed by atoms with E-state index in [1.807, 2.05) is 29.7 Å². The maximum atomic E-state index is 11.4. The first-order valence-corrected chi connectivity index (χ1v) is 10.2. The number of nitrogens with zero attached hydrogens (tertiary/aromatic N) is 4. The van der Waals surface area contributed by atoms with Crippen molar-refractivity contribution in [1.82, 2.24) is 19.7 Å². The number of aryl methyl sites for hydroxylation is 1. The van der Waals surface area contributed by atoms with Crippen LogP contribution in [0.25, 0.3) is 11.5 Å². The number of ether oxygens (including phenoxy) is 1. The van der Waals surface area contributed by atoms with Crippen molar-refractivity contribution in [3.05, 3.63) is 51.4 Å². The van der Waals surface area contributed by atoms with Crippen LogP contribution in [-0.2, 0) is 0 Å². The molecule has 0 unspecified atom stereocenters. The standard InChI is InChI=1S/C20H22IN5O3/c1-12(5-4-10-29-17-9-8-14(21)11-15(17)20(27)28)26-13(2)24-25-19(26)16-6-3-7-18(22)23-16/h3,6-9,11-12H,4-5,10H2,1-2H3,(H2,22,23)(H,27,28)/t12-/m0/s1. The minimum Gasteiger partial charge on any atom is -0.493 e. The topological polar surface area (TPSA) is 116 Å². The highest BCUT2D eigenvalue weighted by Gasteiger charge is 2.18. The largest absolute Gasteiger partial charge is 0.493 e. The second kappa shape index (κ2) is 9.21. The number of pyridine rings is 1. The Morgan fingerprint density at radius 1 is 1.31 bits per heavy atom. The maximum Gasteiger partial charge on any atom is 0.339 e. The average Bonchev–Trinajstić information content (AvgIpc) is 3.07. The molecule has 0 spiro atoms. The normalized spacial score (nSPS) is 12.0. The summed E-state index contributed by atoms with van der Waals surface area (Å²) in [6, 6.07) is 10.7. The number of rotatable bonds is 8. The average molecular weight is 507 g/mol. The molecule has 8 nitrogen and oxygen atoms in total. The Morgan fingerprint density at radius 2 is 2.10 bits per heavy atom. The number of anilines is 1. The van der Waals surface area contributed by atoms with Crippen LogP contribution < -0.4 is 10.5 Å². The number of aromatic carboxylic acids is 1. The van der Waals surface area contributed by atoms with Crippen LogP contribution in [0.5, 0.6) is 5.75 Å². The Morgan fingerprint density at radius 3 is 2.83 bits per heavy atom. The van der Waals surface area contributed by atoms with Gasteiger partial charge in [0, 0.05) is 9.61 Å². The molecule has 2 aromatic heterocycles. The molecule has 0 radical (unpaired) electrons. The Bertz CT molecular complexity index is 1020. The number of aromatic nitrogens is 4. The maximum absolute atomic E-state index is 11.4. The molecule has 2 heterocycles. The fraction of sp³-hybridized carbons (Fsp3) is 0.300. The molecule has 152 valence electrons. The van der Waals surface area contributed by atoms with Crippen molar-refractivity contribution in [2.45, 2.75) is 32.7 Å². The van der Waals surface area contributed by atoms with E-state index in [1.54, 1.807) is 18.2 Å². The highest BCUT2D eigenvalue weighted by molar-refractivity contribution is 14.1. The molecule has 1 atom stereocenters. The predicted molar refractivity (Wildman–Crippen MR) is 118 cm³/mol.